The number of likely N-dealkylation sites (tertiary alicyclic amines) is 1. The molecule has 1 aromatic carbocycles. The lowest BCUT2D eigenvalue weighted by Gasteiger charge is -2.32. The van der Waals surface area contributed by atoms with Crippen LogP contribution in [0.2, 0.25) is 0 Å². The third-order valence-electron chi connectivity index (χ3n) is 4.23. The van der Waals surface area contributed by atoms with Gasteiger partial charge in [-0.05, 0) is 18.6 Å². The van der Waals surface area contributed by atoms with Crippen LogP contribution in [0.3, 0.4) is 0 Å². The van der Waals surface area contributed by atoms with Gasteiger partial charge in [-0.3, -0.25) is 9.69 Å². The molecule has 2 unspecified atom stereocenters. The van der Waals surface area contributed by atoms with Gasteiger partial charge in [-0.15, -0.1) is 0 Å². The number of rotatable bonds is 6. The second-order valence-corrected chi connectivity index (χ2v) is 6.78. The van der Waals surface area contributed by atoms with E-state index in [9.17, 15) is 24.6 Å². The highest BCUT2D eigenvalue weighted by atomic mass is 79.9. The third kappa shape index (κ3) is 3.59. The number of aliphatic carboxylic acids is 1. The van der Waals surface area contributed by atoms with Gasteiger partial charge >= 0.3 is 12.1 Å². The minimum atomic E-state index is -1.76. The third-order valence-corrected chi connectivity index (χ3v) is 4.76. The minimum Gasteiger partial charge on any atom is -0.479 e. The molecule has 1 fully saturated rings. The number of nitrogens with zero attached hydrogens (tertiary/aromatic N) is 1. The molecule has 24 heavy (non-hydrogen) atoms. The lowest BCUT2D eigenvalue weighted by molar-refractivity contribution is -0.148. The average molecular weight is 400 g/mol. The predicted molar refractivity (Wildman–Crippen MR) is 88.2 cm³/mol. The van der Waals surface area contributed by atoms with Crippen LogP contribution in [0.5, 0.6) is 0 Å². The van der Waals surface area contributed by atoms with Gasteiger partial charge < -0.3 is 14.9 Å². The first-order valence-electron chi connectivity index (χ1n) is 7.32. The van der Waals surface area contributed by atoms with Crippen molar-refractivity contribution < 1.29 is 29.3 Å². The second-order valence-electron chi connectivity index (χ2n) is 5.86. The molecular weight excluding hydrogens is 382 g/mol. The molecule has 0 radical (unpaired) electrons. The zero-order chi connectivity index (χ0) is 17.9. The Morgan fingerprint density at radius 3 is 2.42 bits per heavy atom. The van der Waals surface area contributed by atoms with Gasteiger partial charge in [-0.25, -0.2) is 9.59 Å². The van der Waals surface area contributed by atoms with Gasteiger partial charge in [-0.1, -0.05) is 28.1 Å². The van der Waals surface area contributed by atoms with Crippen molar-refractivity contribution in [2.24, 2.45) is 5.92 Å². The molecule has 0 aromatic heterocycles. The summed E-state index contributed by atoms with van der Waals surface area (Å²) in [4.78, 5) is 36.8. The maximum Gasteiger partial charge on any atom is 0.408 e. The fourth-order valence-electron chi connectivity index (χ4n) is 3.14. The highest BCUT2D eigenvalue weighted by molar-refractivity contribution is 9.10. The van der Waals surface area contributed by atoms with Gasteiger partial charge in [0.25, 0.3) is 0 Å². The summed E-state index contributed by atoms with van der Waals surface area (Å²) >= 11 is 3.27. The monoisotopic (exact) mass is 399 g/mol. The van der Waals surface area contributed by atoms with E-state index in [1.165, 1.54) is 7.11 Å². The van der Waals surface area contributed by atoms with Crippen molar-refractivity contribution in [3.8, 4) is 0 Å². The molecule has 1 amide bonds. The fraction of sp³-hybridized carbons (Fsp3) is 0.438. The summed E-state index contributed by atoms with van der Waals surface area (Å²) in [6, 6.07) is 6.51. The van der Waals surface area contributed by atoms with Crippen LogP contribution in [0, 0.1) is 5.92 Å². The molecule has 0 saturated carbocycles. The van der Waals surface area contributed by atoms with Crippen LogP contribution in [0.1, 0.15) is 23.2 Å². The van der Waals surface area contributed by atoms with Crippen LogP contribution in [0.15, 0.2) is 28.7 Å². The number of carbonyl (C=O) groups is 3. The number of halogens is 1. The first-order chi connectivity index (χ1) is 11.3. The Kier molecular flexibility index (Phi) is 5.61. The summed E-state index contributed by atoms with van der Waals surface area (Å²) in [7, 11) is 1.47. The van der Waals surface area contributed by atoms with Crippen LogP contribution in [0.4, 0.5) is 4.79 Å². The molecular formula is C16H18BrNO6. The highest BCUT2D eigenvalue weighted by Gasteiger charge is 2.54. The molecule has 0 bridgehead atoms. The van der Waals surface area contributed by atoms with E-state index in [2.05, 4.69) is 15.9 Å². The maximum absolute atomic E-state index is 12.5. The van der Waals surface area contributed by atoms with Crippen molar-refractivity contribution in [3.05, 3.63) is 34.3 Å². The Morgan fingerprint density at radius 1 is 1.29 bits per heavy atom. The topological polar surface area (TPSA) is 104 Å². The number of carbonyl (C=O) groups excluding carboxylic acids is 1. The summed E-state index contributed by atoms with van der Waals surface area (Å²) in [5, 5.41) is 19.1. The van der Waals surface area contributed by atoms with Crippen molar-refractivity contribution in [2.45, 2.75) is 18.4 Å². The molecule has 1 heterocycles. The molecule has 2 atom stereocenters. The van der Waals surface area contributed by atoms with Crippen LogP contribution < -0.4 is 0 Å². The smallest absolute Gasteiger partial charge is 0.408 e. The number of hydrogen-bond acceptors (Lipinski definition) is 4. The van der Waals surface area contributed by atoms with E-state index in [-0.39, 0.29) is 25.5 Å². The van der Waals surface area contributed by atoms with Gasteiger partial charge in [0, 0.05) is 36.0 Å². The second kappa shape index (κ2) is 7.31. The molecule has 1 aliphatic rings. The SMILES string of the molecule is COCC1CN(C(=O)O)C(CC(=O)c2ccc(Br)cc2)(C(=O)O)C1. The molecule has 2 rings (SSSR count). The van der Waals surface area contributed by atoms with Crippen molar-refractivity contribution in [1.82, 2.24) is 4.90 Å². The van der Waals surface area contributed by atoms with E-state index < -0.39 is 29.8 Å². The fourth-order valence-corrected chi connectivity index (χ4v) is 3.41. The number of methoxy groups -OCH3 is 1. The van der Waals surface area contributed by atoms with Gasteiger partial charge in [0.15, 0.2) is 11.3 Å². The van der Waals surface area contributed by atoms with Crippen molar-refractivity contribution in [3.63, 3.8) is 0 Å². The number of ketones is 1. The molecule has 1 aromatic rings. The lowest BCUT2D eigenvalue weighted by Crippen LogP contribution is -2.53. The quantitative estimate of drug-likeness (QED) is 0.712. The van der Waals surface area contributed by atoms with E-state index in [4.69, 9.17) is 4.74 Å². The Labute approximate surface area is 147 Å². The van der Waals surface area contributed by atoms with E-state index >= 15 is 0 Å². The first kappa shape index (κ1) is 18.4. The molecule has 130 valence electrons. The van der Waals surface area contributed by atoms with Crippen LogP contribution in [0.25, 0.3) is 0 Å². The molecule has 1 aliphatic heterocycles. The normalized spacial score (nSPS) is 23.2. The zero-order valence-corrected chi connectivity index (χ0v) is 14.7. The van der Waals surface area contributed by atoms with E-state index in [1.807, 2.05) is 0 Å². The Balaban J connectivity index is 2.32. The van der Waals surface area contributed by atoms with Crippen LogP contribution >= 0.6 is 15.9 Å². The predicted octanol–water partition coefficient (Wildman–Crippen LogP) is 2.49. The minimum absolute atomic E-state index is 0.0308. The number of Topliss-reactive ketones (excluding diaryl/α,β-unsaturated/α-hetero) is 1. The van der Waals surface area contributed by atoms with Crippen molar-refractivity contribution in [1.29, 1.82) is 0 Å². The molecule has 0 spiro atoms. The molecule has 1 saturated heterocycles. The van der Waals surface area contributed by atoms with Crippen molar-refractivity contribution in [2.75, 3.05) is 20.3 Å². The lowest BCUT2D eigenvalue weighted by atomic mass is 9.85. The number of carboxylic acid groups (broad SMARTS) is 2. The first-order valence-corrected chi connectivity index (χ1v) is 8.11. The standard InChI is InChI=1S/C16H18BrNO6/c1-24-9-10-6-16(14(20)21,18(8-10)15(22)23)7-13(19)11-2-4-12(17)5-3-11/h2-5,10H,6-9H2,1H3,(H,20,21)(H,22,23). The summed E-state index contributed by atoms with van der Waals surface area (Å²) in [6.45, 7) is 0.272. The van der Waals surface area contributed by atoms with Crippen molar-refractivity contribution >= 4 is 33.8 Å². The summed E-state index contributed by atoms with van der Waals surface area (Å²) < 4.78 is 5.82. The molecule has 0 aliphatic carbocycles. The number of ether oxygens (including phenoxy) is 1. The Bertz CT molecular complexity index is 646. The molecule has 7 nitrogen and oxygen atoms in total. The number of hydrogen-bond donors (Lipinski definition) is 2. The van der Waals surface area contributed by atoms with Gasteiger partial charge in [-0.2, -0.15) is 0 Å². The van der Waals surface area contributed by atoms with Gasteiger partial charge in [0.1, 0.15) is 0 Å². The van der Waals surface area contributed by atoms with Crippen LogP contribution in [-0.2, 0) is 9.53 Å². The maximum atomic E-state index is 12.5. The average Bonchev–Trinajstić information content (AvgIpc) is 2.88. The van der Waals surface area contributed by atoms with Crippen LogP contribution in [-0.4, -0.2) is 58.8 Å². The number of amides is 1. The number of benzene rings is 1. The molecule has 8 heteroatoms. The summed E-state index contributed by atoms with van der Waals surface area (Å²) in [5.41, 5.74) is -1.42. The molecule has 2 N–H and O–H groups in total. The highest BCUT2D eigenvalue weighted by Crippen LogP contribution is 2.37. The summed E-state index contributed by atoms with van der Waals surface area (Å²) in [6.07, 6.45) is -1.71. The Morgan fingerprint density at radius 2 is 1.92 bits per heavy atom. The largest absolute Gasteiger partial charge is 0.479 e. The van der Waals surface area contributed by atoms with Gasteiger partial charge in [0.2, 0.25) is 0 Å². The number of carboxylic acids is 1. The Hall–Kier alpha value is -1.93. The van der Waals surface area contributed by atoms with E-state index in [0.29, 0.717) is 5.56 Å². The van der Waals surface area contributed by atoms with E-state index in [0.717, 1.165) is 9.37 Å². The summed E-state index contributed by atoms with van der Waals surface area (Å²) in [5.74, 6) is -1.98. The van der Waals surface area contributed by atoms with E-state index in [1.54, 1.807) is 24.3 Å². The zero-order valence-electron chi connectivity index (χ0n) is 13.1. The van der Waals surface area contributed by atoms with Gasteiger partial charge in [0.05, 0.1) is 6.61 Å².